The molecule has 0 saturated carbocycles. The Kier molecular flexibility index (Phi) is 9.39. The number of nitrogens with one attached hydrogen (secondary N) is 1. The third-order valence-electron chi connectivity index (χ3n) is 4.26. The molecule has 0 fully saturated rings. The highest BCUT2D eigenvalue weighted by molar-refractivity contribution is 6.48. The van der Waals surface area contributed by atoms with Crippen LogP contribution in [0, 0.1) is 0 Å². The Morgan fingerprint density at radius 1 is 1.15 bits per heavy atom. The van der Waals surface area contributed by atoms with E-state index in [0.717, 1.165) is 5.32 Å². The van der Waals surface area contributed by atoms with Gasteiger partial charge >= 0.3 is 17.5 Å². The van der Waals surface area contributed by atoms with Gasteiger partial charge in [-0.1, -0.05) is 29.3 Å². The Bertz CT molecular complexity index is 1180. The molecule has 2 amide bonds. The number of primary amides is 2. The molecule has 11 nitrogen and oxygen atoms in total. The molecule has 0 aliphatic carbocycles. The number of hydrazone groups is 1. The van der Waals surface area contributed by atoms with Gasteiger partial charge in [-0.3, -0.25) is 5.43 Å². The van der Waals surface area contributed by atoms with Crippen LogP contribution in [0.2, 0.25) is 10.0 Å². The van der Waals surface area contributed by atoms with Crippen LogP contribution in [0.4, 0.5) is 5.69 Å². The van der Waals surface area contributed by atoms with Crippen LogP contribution in [0.3, 0.4) is 0 Å². The summed E-state index contributed by atoms with van der Waals surface area (Å²) < 4.78 is 1.66. The van der Waals surface area contributed by atoms with E-state index in [-0.39, 0.29) is 11.6 Å². The van der Waals surface area contributed by atoms with Crippen LogP contribution in [0.5, 0.6) is 0 Å². The number of rotatable bonds is 6. The van der Waals surface area contributed by atoms with Crippen molar-refractivity contribution in [3.8, 4) is 0 Å². The maximum Gasteiger partial charge on any atom is 0.415 e. The first-order chi connectivity index (χ1) is 16.0. The van der Waals surface area contributed by atoms with Crippen LogP contribution in [-0.2, 0) is 19.2 Å². The summed E-state index contributed by atoms with van der Waals surface area (Å²) in [6.07, 6.45) is 0.580. The predicted molar refractivity (Wildman–Crippen MR) is 116 cm³/mol. The minimum Gasteiger partial charge on any atom is -0.550 e. The molecule has 4 N–H and O–H groups in total. The van der Waals surface area contributed by atoms with E-state index < -0.39 is 30.4 Å². The molecule has 1 atom stereocenters. The molecule has 0 radical (unpaired) electrons. The zero-order valence-electron chi connectivity index (χ0n) is 17.5. The molecule has 1 aliphatic heterocycles. The number of aliphatic hydroxyl groups is 1. The molecule has 0 spiro atoms. The molecule has 2 heterocycles. The van der Waals surface area contributed by atoms with Gasteiger partial charge in [-0.15, -0.1) is 0 Å². The molecule has 34 heavy (non-hydrogen) atoms. The second-order valence-electron chi connectivity index (χ2n) is 6.74. The van der Waals surface area contributed by atoms with E-state index >= 15 is 0 Å². The SMILES string of the molecule is CC1=C([n+]2ccccc2)C(=O)[NH2+]C(=O)C1=NNc1cc(Cl)ccc1Cl.O=C([O-])CC(O)C(=O)[O-]. The Labute approximate surface area is 202 Å². The minimum absolute atomic E-state index is 0.141. The van der Waals surface area contributed by atoms with Gasteiger partial charge in [-0.25, -0.2) is 14.9 Å². The average Bonchev–Trinajstić information content (AvgIpc) is 2.76. The fraction of sp³-hybridized carbons (Fsp3) is 0.143. The zero-order valence-corrected chi connectivity index (χ0v) is 19.0. The molecular weight excluding hydrogens is 491 g/mol. The van der Waals surface area contributed by atoms with Gasteiger partial charge in [0.15, 0.2) is 18.1 Å². The van der Waals surface area contributed by atoms with Gasteiger partial charge in [0.1, 0.15) is 0 Å². The molecule has 178 valence electrons. The first-order valence-corrected chi connectivity index (χ1v) is 10.3. The van der Waals surface area contributed by atoms with Crippen LogP contribution >= 0.6 is 23.2 Å². The molecule has 0 saturated heterocycles. The fourth-order valence-corrected chi connectivity index (χ4v) is 3.02. The molecule has 13 heteroatoms. The highest BCUT2D eigenvalue weighted by Crippen LogP contribution is 2.25. The summed E-state index contributed by atoms with van der Waals surface area (Å²) in [6.45, 7) is 1.68. The Morgan fingerprint density at radius 2 is 1.79 bits per heavy atom. The standard InChI is InChI=1S/C17H12Cl2N4O2.C4H6O5/c1-10-14(22-21-13-9-11(18)5-6-12(13)19)16(24)20-17(25)15(10)23-7-3-2-4-8-23;5-2(4(8)9)1-3(6)7/h2-9H,1H3,(H-,20,21,24,25);2,5H,1H2,(H,6,7)(H,8,9). The summed E-state index contributed by atoms with van der Waals surface area (Å²) in [5, 5.41) is 33.4. The number of imide groups is 1. The maximum atomic E-state index is 12.3. The van der Waals surface area contributed by atoms with E-state index in [4.69, 9.17) is 28.3 Å². The molecule has 1 unspecified atom stereocenters. The van der Waals surface area contributed by atoms with E-state index in [9.17, 15) is 29.4 Å². The summed E-state index contributed by atoms with van der Waals surface area (Å²) in [7, 11) is 0. The Balaban J connectivity index is 0.000000387. The van der Waals surface area contributed by atoms with E-state index in [2.05, 4.69) is 10.5 Å². The molecule has 0 bridgehead atoms. The summed E-state index contributed by atoms with van der Waals surface area (Å²) in [6, 6.07) is 10.3. The number of pyridine rings is 1. The largest absolute Gasteiger partial charge is 0.550 e. The van der Waals surface area contributed by atoms with Gasteiger partial charge in [-0.2, -0.15) is 9.67 Å². The maximum absolute atomic E-state index is 12.3. The number of amides is 2. The smallest absolute Gasteiger partial charge is 0.415 e. The van der Waals surface area contributed by atoms with E-state index in [1.54, 1.807) is 54.2 Å². The first kappa shape index (κ1) is 26.6. The molecule has 1 aromatic heterocycles. The van der Waals surface area contributed by atoms with Crippen molar-refractivity contribution in [3.05, 3.63) is 64.4 Å². The number of hydrogen-bond donors (Lipinski definition) is 3. The number of aliphatic carboxylic acids is 2. The predicted octanol–water partition coefficient (Wildman–Crippen LogP) is -2.15. The van der Waals surface area contributed by atoms with Crippen LogP contribution in [-0.4, -0.2) is 40.7 Å². The number of benzene rings is 1. The fourth-order valence-electron chi connectivity index (χ4n) is 2.69. The average molecular weight is 509 g/mol. The number of nitrogens with zero attached hydrogens (tertiary/aromatic N) is 2. The number of quaternary nitrogens is 1. The first-order valence-electron chi connectivity index (χ1n) is 9.50. The normalized spacial score (nSPS) is 15.5. The van der Waals surface area contributed by atoms with Crippen LogP contribution in [0.25, 0.3) is 5.70 Å². The number of anilines is 1. The summed E-state index contributed by atoms with van der Waals surface area (Å²) in [5.74, 6) is -4.25. The lowest BCUT2D eigenvalue weighted by molar-refractivity contribution is -0.590. The van der Waals surface area contributed by atoms with Gasteiger partial charge in [0, 0.05) is 29.5 Å². The highest BCUT2D eigenvalue weighted by Gasteiger charge is 2.40. The number of carboxylic acid groups (broad SMARTS) is 2. The number of aliphatic hydroxyl groups excluding tert-OH is 1. The van der Waals surface area contributed by atoms with Gasteiger partial charge in [0.05, 0.1) is 28.4 Å². The minimum atomic E-state index is -1.96. The molecular formula is C21H18Cl2N4O7. The molecule has 3 rings (SSSR count). The van der Waals surface area contributed by atoms with E-state index in [1.165, 1.54) is 0 Å². The number of nitrogens with two attached hydrogens (primary N) is 1. The Hall–Kier alpha value is -3.64. The van der Waals surface area contributed by atoms with Crippen molar-refractivity contribution in [2.75, 3.05) is 5.43 Å². The van der Waals surface area contributed by atoms with Crippen molar-refractivity contribution in [3.63, 3.8) is 0 Å². The number of hydrogen-bond acceptors (Lipinski definition) is 9. The number of halogens is 2. The number of carbonyl (C=O) groups is 4. The zero-order chi connectivity index (χ0) is 25.4. The third kappa shape index (κ3) is 7.18. The third-order valence-corrected chi connectivity index (χ3v) is 4.83. The lowest BCUT2D eigenvalue weighted by atomic mass is 10.0. The van der Waals surface area contributed by atoms with Gasteiger partial charge in [-0.05, 0) is 25.1 Å². The van der Waals surface area contributed by atoms with E-state index in [0.29, 0.717) is 27.0 Å². The summed E-state index contributed by atoms with van der Waals surface area (Å²) in [4.78, 5) is 43.6. The lowest BCUT2D eigenvalue weighted by Gasteiger charge is -2.11. The highest BCUT2D eigenvalue weighted by atomic mass is 35.5. The van der Waals surface area contributed by atoms with Crippen molar-refractivity contribution in [2.45, 2.75) is 19.4 Å². The van der Waals surface area contributed by atoms with Crippen molar-refractivity contribution in [1.82, 2.24) is 0 Å². The number of aromatic nitrogens is 1. The monoisotopic (exact) mass is 508 g/mol. The van der Waals surface area contributed by atoms with Gasteiger partial charge in [0.25, 0.3) is 0 Å². The van der Waals surface area contributed by atoms with Crippen molar-refractivity contribution in [1.29, 1.82) is 0 Å². The van der Waals surface area contributed by atoms with Crippen LogP contribution < -0.4 is 25.5 Å². The Morgan fingerprint density at radius 3 is 2.35 bits per heavy atom. The molecule has 1 aromatic carbocycles. The molecule has 2 aromatic rings. The molecule has 1 aliphatic rings. The second-order valence-corrected chi connectivity index (χ2v) is 7.58. The van der Waals surface area contributed by atoms with E-state index in [1.807, 2.05) is 6.07 Å². The van der Waals surface area contributed by atoms with Crippen LogP contribution in [0.15, 0.2) is 59.5 Å². The van der Waals surface area contributed by atoms with Crippen molar-refractivity contribution >= 4 is 64.1 Å². The summed E-state index contributed by atoms with van der Waals surface area (Å²) >= 11 is 12.0. The quantitative estimate of drug-likeness (QED) is 0.224. The topological polar surface area (TPSA) is 180 Å². The van der Waals surface area contributed by atoms with Gasteiger partial charge < -0.3 is 24.9 Å². The van der Waals surface area contributed by atoms with Gasteiger partial charge in [0.2, 0.25) is 0 Å². The van der Waals surface area contributed by atoms with Crippen LogP contribution in [0.1, 0.15) is 13.3 Å². The number of carboxylic acids is 2. The van der Waals surface area contributed by atoms with Crippen molar-refractivity contribution < 1.29 is 44.4 Å². The number of carbonyl (C=O) groups excluding carboxylic acids is 4. The summed E-state index contributed by atoms with van der Waals surface area (Å²) in [5.41, 5.74) is 4.20. The van der Waals surface area contributed by atoms with Crippen molar-refractivity contribution in [2.24, 2.45) is 5.10 Å². The lowest BCUT2D eigenvalue weighted by Crippen LogP contribution is -2.95. The second kappa shape index (κ2) is 12.0.